The van der Waals surface area contributed by atoms with Gasteiger partial charge in [-0.05, 0) is 112 Å². The summed E-state index contributed by atoms with van der Waals surface area (Å²) in [5.74, 6) is 1.71. The number of hydrogen-bond acceptors (Lipinski definition) is 6. The molecule has 0 aliphatic carbocycles. The van der Waals surface area contributed by atoms with E-state index < -0.39 is 0 Å². The monoisotopic (exact) mass is 893 g/mol. The molecule has 0 aliphatic rings. The Morgan fingerprint density at radius 1 is 0.462 bits per heavy atom. The second kappa shape index (κ2) is 23.7. The number of halogens is 1. The summed E-state index contributed by atoms with van der Waals surface area (Å²) in [5.41, 5.74) is 11.5. The minimum absolute atomic E-state index is 0. The number of nitrogens with one attached hydrogen (secondary N) is 2. The number of aryl methyl sites for hydroxylation is 2. The number of fused-ring (bicyclic) bond motifs is 6. The molecule has 0 saturated carbocycles. The van der Waals surface area contributed by atoms with Crippen molar-refractivity contribution < 1.29 is 9.47 Å². The van der Waals surface area contributed by atoms with Crippen LogP contribution in [-0.2, 0) is 26.2 Å². The highest BCUT2D eigenvalue weighted by Crippen LogP contribution is 2.38. The van der Waals surface area contributed by atoms with E-state index >= 15 is 0 Å². The Labute approximate surface area is 392 Å². The van der Waals surface area contributed by atoms with Gasteiger partial charge in [-0.25, -0.2) is 9.97 Å². The molecule has 65 heavy (non-hydrogen) atoms. The Morgan fingerprint density at radius 2 is 0.862 bits per heavy atom. The van der Waals surface area contributed by atoms with Gasteiger partial charge in [0.05, 0.1) is 48.0 Å². The third-order valence-corrected chi connectivity index (χ3v) is 12.9. The van der Waals surface area contributed by atoms with Crippen LogP contribution in [0, 0.1) is 0 Å². The lowest BCUT2D eigenvalue weighted by atomic mass is 10.1. The summed E-state index contributed by atoms with van der Waals surface area (Å²) < 4.78 is 16.1. The number of pyridine rings is 2. The lowest BCUT2D eigenvalue weighted by molar-refractivity contribution is 0.415. The largest absolute Gasteiger partial charge is 0.497 e. The fraction of sp³-hybridized carbons (Fsp3) is 0.393. The topological polar surface area (TPSA) is 78.2 Å². The van der Waals surface area contributed by atoms with Gasteiger partial charge in [0, 0.05) is 69.9 Å². The van der Waals surface area contributed by atoms with E-state index in [2.05, 4.69) is 119 Å². The zero-order chi connectivity index (χ0) is 44.1. The molecular weight excluding hydrogens is 824 g/mol. The minimum atomic E-state index is 0. The number of methoxy groups -OCH3 is 2. The Morgan fingerprint density at radius 3 is 1.26 bits per heavy atom. The molecule has 0 saturated heterocycles. The van der Waals surface area contributed by atoms with Gasteiger partial charge in [-0.3, -0.25) is 0 Å². The molecule has 2 N–H and O–H groups in total. The summed E-state index contributed by atoms with van der Waals surface area (Å²) in [4.78, 5) is 10.7. The van der Waals surface area contributed by atoms with E-state index in [1.54, 1.807) is 14.2 Å². The normalized spacial score (nSPS) is 11.6. The van der Waals surface area contributed by atoms with Gasteiger partial charge in [-0.1, -0.05) is 102 Å². The molecule has 8 rings (SSSR count). The maximum atomic E-state index is 5.51. The third-order valence-electron chi connectivity index (χ3n) is 12.9. The van der Waals surface area contributed by atoms with Crippen molar-refractivity contribution in [2.45, 2.75) is 117 Å². The van der Waals surface area contributed by atoms with E-state index in [0.29, 0.717) is 0 Å². The number of rotatable bonds is 25. The molecule has 0 aliphatic heterocycles. The molecule has 0 amide bonds. The molecule has 342 valence electrons. The van der Waals surface area contributed by atoms with E-state index in [-0.39, 0.29) is 12.4 Å². The van der Waals surface area contributed by atoms with E-state index in [4.69, 9.17) is 19.4 Å². The van der Waals surface area contributed by atoms with Gasteiger partial charge < -0.3 is 29.2 Å². The van der Waals surface area contributed by atoms with Gasteiger partial charge in [0.15, 0.2) is 0 Å². The van der Waals surface area contributed by atoms with Crippen LogP contribution in [0.4, 0.5) is 0 Å². The van der Waals surface area contributed by atoms with Gasteiger partial charge in [0.25, 0.3) is 0 Å². The van der Waals surface area contributed by atoms with Crippen LogP contribution >= 0.6 is 12.4 Å². The number of nitrogens with zero attached hydrogens (tertiary/aromatic N) is 4. The molecule has 0 spiro atoms. The lowest BCUT2D eigenvalue weighted by Gasteiger charge is -2.13. The molecule has 0 bridgehead atoms. The summed E-state index contributed by atoms with van der Waals surface area (Å²) in [5, 5.41) is 12.6. The fourth-order valence-corrected chi connectivity index (χ4v) is 9.48. The predicted molar refractivity (Wildman–Crippen MR) is 276 cm³/mol. The smallest absolute Gasteiger partial charge is 0.118 e. The molecular formula is C56H69ClN6O2. The van der Waals surface area contributed by atoms with Gasteiger partial charge in [0.1, 0.15) is 11.5 Å². The van der Waals surface area contributed by atoms with E-state index in [9.17, 15) is 0 Å². The van der Waals surface area contributed by atoms with Crippen molar-refractivity contribution >= 4 is 56.0 Å². The first-order chi connectivity index (χ1) is 31.6. The van der Waals surface area contributed by atoms with Crippen LogP contribution in [0.1, 0.15) is 102 Å². The highest BCUT2D eigenvalue weighted by Gasteiger charge is 2.20. The number of hydrogen-bond donors (Lipinski definition) is 2. The zero-order valence-electron chi connectivity index (χ0n) is 39.1. The first kappa shape index (κ1) is 47.5. The van der Waals surface area contributed by atoms with Gasteiger partial charge in [-0.2, -0.15) is 0 Å². The van der Waals surface area contributed by atoms with E-state index in [1.807, 2.05) is 24.3 Å². The number of benzene rings is 4. The van der Waals surface area contributed by atoms with Crippen molar-refractivity contribution in [3.8, 4) is 34.0 Å². The highest BCUT2D eigenvalue weighted by atomic mass is 35.5. The third kappa shape index (κ3) is 11.2. The van der Waals surface area contributed by atoms with Crippen molar-refractivity contribution in [1.82, 2.24) is 29.7 Å². The second-order valence-corrected chi connectivity index (χ2v) is 17.4. The molecule has 0 unspecified atom stereocenters. The maximum Gasteiger partial charge on any atom is 0.118 e. The van der Waals surface area contributed by atoms with Crippen molar-refractivity contribution in [2.75, 3.05) is 27.3 Å². The number of para-hydroxylation sites is 2. The Balaban J connectivity index is 0.00000630. The summed E-state index contributed by atoms with van der Waals surface area (Å²) in [6.45, 7) is 9.95. The first-order valence-electron chi connectivity index (χ1n) is 24.1. The molecule has 0 atom stereocenters. The van der Waals surface area contributed by atoms with Crippen LogP contribution in [0.2, 0.25) is 0 Å². The molecule has 8 nitrogen and oxygen atoms in total. The Hall–Kier alpha value is -5.41. The van der Waals surface area contributed by atoms with Crippen LogP contribution in [-0.4, -0.2) is 46.4 Å². The average molecular weight is 894 g/mol. The van der Waals surface area contributed by atoms with Crippen LogP contribution in [0.25, 0.3) is 66.1 Å². The summed E-state index contributed by atoms with van der Waals surface area (Å²) in [6, 6.07) is 39.2. The second-order valence-electron chi connectivity index (χ2n) is 17.4. The van der Waals surface area contributed by atoms with Crippen molar-refractivity contribution in [3.63, 3.8) is 0 Å². The van der Waals surface area contributed by atoms with Gasteiger partial charge in [-0.15, -0.1) is 12.4 Å². The Bertz CT molecular complexity index is 2550. The van der Waals surface area contributed by atoms with Crippen molar-refractivity contribution in [1.29, 1.82) is 0 Å². The Kier molecular flexibility index (Phi) is 17.3. The van der Waals surface area contributed by atoms with Crippen molar-refractivity contribution in [2.24, 2.45) is 0 Å². The van der Waals surface area contributed by atoms with Crippen LogP contribution in [0.15, 0.2) is 109 Å². The first-order valence-corrected chi connectivity index (χ1v) is 24.1. The minimum Gasteiger partial charge on any atom is -0.497 e. The van der Waals surface area contributed by atoms with Crippen LogP contribution in [0.3, 0.4) is 0 Å². The van der Waals surface area contributed by atoms with Crippen LogP contribution in [0.5, 0.6) is 11.5 Å². The predicted octanol–water partition coefficient (Wildman–Crippen LogP) is 14.1. The van der Waals surface area contributed by atoms with Gasteiger partial charge >= 0.3 is 0 Å². The standard InChI is InChI=1S/C56H68N6O2.ClH/c1-5-7-9-19-35-61-51-23-15-13-21-47(51)49-37-43(59-53(55(49)61)41-25-29-45(63-3)30-26-41)39-57-33-17-11-12-18-34-58-40-44-38-50-48-22-14-16-24-52(48)62(36-20-10-8-6-2)56(50)54(60-44)42-27-31-46(64-4)32-28-42;/h13-16,21-32,37-38,57-58H,5-12,17-20,33-36,39-40H2,1-4H3;1H. The maximum absolute atomic E-state index is 5.51. The van der Waals surface area contributed by atoms with Gasteiger partial charge in [0.2, 0.25) is 0 Å². The average Bonchev–Trinajstić information content (AvgIpc) is 3.83. The highest BCUT2D eigenvalue weighted by molar-refractivity contribution is 6.13. The summed E-state index contributed by atoms with van der Waals surface area (Å²) in [6.07, 6.45) is 14.4. The van der Waals surface area contributed by atoms with E-state index in [1.165, 1.54) is 95.0 Å². The zero-order valence-corrected chi connectivity index (χ0v) is 40.0. The molecule has 8 aromatic rings. The summed E-state index contributed by atoms with van der Waals surface area (Å²) >= 11 is 0. The molecule has 4 heterocycles. The molecule has 9 heteroatoms. The number of aromatic nitrogens is 4. The molecule has 4 aromatic carbocycles. The lowest BCUT2D eigenvalue weighted by Crippen LogP contribution is -2.17. The number of ether oxygens (including phenoxy) is 2. The van der Waals surface area contributed by atoms with Crippen molar-refractivity contribution in [3.05, 3.63) is 121 Å². The molecule has 4 aromatic heterocycles. The summed E-state index contributed by atoms with van der Waals surface area (Å²) in [7, 11) is 3.44. The molecule has 0 radical (unpaired) electrons. The van der Waals surface area contributed by atoms with Crippen LogP contribution < -0.4 is 20.1 Å². The van der Waals surface area contributed by atoms with E-state index in [0.717, 1.165) is 110 Å². The SMILES string of the molecule is CCCCCCn1c2ccccc2c2cc(CNCCCCCCNCc3cc4c5ccccc5n(CCCCCC)c4c(-c4ccc(OC)cc4)n3)nc(-c3ccc(OC)cc3)c21.Cl. The molecule has 0 fully saturated rings. The quantitative estimate of drug-likeness (QED) is 0.0557. The fourth-order valence-electron chi connectivity index (χ4n) is 9.48. The number of unbranched alkanes of at least 4 members (excludes halogenated alkanes) is 9.